The van der Waals surface area contributed by atoms with Gasteiger partial charge in [0, 0.05) is 44.1 Å². The van der Waals surface area contributed by atoms with Crippen molar-refractivity contribution in [1.82, 2.24) is 0 Å². The molecule has 11 aromatic carbocycles. The first-order chi connectivity index (χ1) is 32.7. The minimum absolute atomic E-state index is 0.843. The Morgan fingerprint density at radius 1 is 0.358 bits per heavy atom. The van der Waals surface area contributed by atoms with Gasteiger partial charge in [0.25, 0.3) is 0 Å². The molecular weight excluding hydrogens is 834 g/mol. The largest absolute Gasteiger partial charge is 0.310 e. The third-order valence-electron chi connectivity index (χ3n) is 13.9. The summed E-state index contributed by atoms with van der Waals surface area (Å²) in [6.07, 6.45) is 0. The highest BCUT2D eigenvalue weighted by Gasteiger charge is 2.50. The highest BCUT2D eigenvalue weighted by molar-refractivity contribution is 7.86. The number of hydrogen-bond donors (Lipinski definition) is 0. The third kappa shape index (κ3) is 5.89. The molecule has 0 atom stereocenters. The predicted molar refractivity (Wildman–Crippen MR) is 286 cm³/mol. The van der Waals surface area contributed by atoms with Crippen LogP contribution in [0.15, 0.2) is 206 Å². The van der Waals surface area contributed by atoms with Crippen molar-refractivity contribution < 1.29 is 4.57 Å². The second-order valence-corrected chi connectivity index (χ2v) is 21.1. The number of benzene rings is 11. The summed E-state index contributed by atoms with van der Waals surface area (Å²) in [5.41, 5.74) is 13.5. The first-order valence-corrected chi connectivity index (χ1v) is 24.8. The fourth-order valence-electron chi connectivity index (χ4n) is 11.4. The van der Waals surface area contributed by atoms with Crippen LogP contribution in [0.2, 0.25) is 0 Å². The topological polar surface area (TPSA) is 26.8 Å². The lowest BCUT2D eigenvalue weighted by molar-refractivity contribution is 0.592. The van der Waals surface area contributed by atoms with E-state index in [4.69, 9.17) is 0 Å². The van der Waals surface area contributed by atoms with Crippen molar-refractivity contribution in [2.45, 2.75) is 27.7 Å². The Bertz CT molecular complexity index is 3630. The maximum Gasteiger partial charge on any atom is 0.179 e. The van der Waals surface area contributed by atoms with Crippen molar-refractivity contribution in [2.24, 2.45) is 0 Å². The molecule has 2 aliphatic rings. The maximum atomic E-state index is 17.9. The Morgan fingerprint density at radius 2 is 0.746 bits per heavy atom. The van der Waals surface area contributed by atoms with E-state index in [2.05, 4.69) is 249 Å². The van der Waals surface area contributed by atoms with E-state index in [1.165, 1.54) is 21.5 Å². The highest BCUT2D eigenvalue weighted by Crippen LogP contribution is 2.64. The van der Waals surface area contributed by atoms with Crippen LogP contribution >= 0.6 is 7.14 Å². The molecule has 0 unspecified atom stereocenters. The van der Waals surface area contributed by atoms with Gasteiger partial charge in [-0.15, -0.1) is 0 Å². The zero-order valence-electron chi connectivity index (χ0n) is 37.8. The number of para-hydroxylation sites is 2. The van der Waals surface area contributed by atoms with Crippen LogP contribution in [0.25, 0.3) is 43.1 Å². The number of nitrogens with zero attached hydrogens (tertiary/aromatic N) is 3. The Hall–Kier alpha value is -7.91. The highest BCUT2D eigenvalue weighted by atomic mass is 31.2. The molecule has 4 nitrogen and oxygen atoms in total. The lowest BCUT2D eigenvalue weighted by atomic mass is 9.98. The van der Waals surface area contributed by atoms with Crippen molar-refractivity contribution in [3.8, 4) is 0 Å². The molecule has 13 rings (SSSR count). The van der Waals surface area contributed by atoms with Crippen LogP contribution in [-0.4, -0.2) is 0 Å². The van der Waals surface area contributed by atoms with E-state index in [-0.39, 0.29) is 0 Å². The molecule has 0 aliphatic carbocycles. The second-order valence-electron chi connectivity index (χ2n) is 18.4. The molecule has 2 heterocycles. The van der Waals surface area contributed by atoms with Crippen molar-refractivity contribution >= 4 is 117 Å². The van der Waals surface area contributed by atoms with Crippen LogP contribution < -0.4 is 30.6 Å². The van der Waals surface area contributed by atoms with Gasteiger partial charge in [-0.05, 0) is 155 Å². The molecule has 5 heteroatoms. The van der Waals surface area contributed by atoms with Gasteiger partial charge in [0.2, 0.25) is 0 Å². The monoisotopic (exact) mass is 879 g/mol. The molecule has 0 radical (unpaired) electrons. The molecule has 0 N–H and O–H groups in total. The second kappa shape index (κ2) is 14.8. The average Bonchev–Trinajstić information content (AvgIpc) is 3.34. The van der Waals surface area contributed by atoms with Crippen LogP contribution in [0, 0.1) is 27.7 Å². The Morgan fingerprint density at radius 3 is 1.18 bits per heavy atom. The fourth-order valence-corrected chi connectivity index (χ4v) is 14.7. The van der Waals surface area contributed by atoms with Crippen molar-refractivity contribution in [3.63, 3.8) is 0 Å². The number of anilines is 9. The molecule has 0 amide bonds. The molecule has 2 aliphatic heterocycles. The van der Waals surface area contributed by atoms with E-state index in [0.29, 0.717) is 0 Å². The summed E-state index contributed by atoms with van der Waals surface area (Å²) < 4.78 is 17.9. The molecular formula is C62H46N3OP. The van der Waals surface area contributed by atoms with E-state index in [9.17, 15) is 0 Å². The summed E-state index contributed by atoms with van der Waals surface area (Å²) in [4.78, 5) is 7.23. The smallest absolute Gasteiger partial charge is 0.179 e. The van der Waals surface area contributed by atoms with Crippen LogP contribution in [0.4, 0.5) is 51.2 Å². The summed E-state index contributed by atoms with van der Waals surface area (Å²) in [6, 6.07) is 74.5. The van der Waals surface area contributed by atoms with Gasteiger partial charge in [-0.3, -0.25) is 0 Å². The van der Waals surface area contributed by atoms with Gasteiger partial charge in [0.05, 0.1) is 33.7 Å². The Balaban J connectivity index is 1.26. The Labute approximate surface area is 391 Å². The van der Waals surface area contributed by atoms with Gasteiger partial charge in [-0.2, -0.15) is 0 Å². The molecule has 67 heavy (non-hydrogen) atoms. The number of rotatable bonds is 5. The molecule has 0 saturated carbocycles. The normalized spacial score (nSPS) is 13.5. The molecule has 0 fully saturated rings. The van der Waals surface area contributed by atoms with E-state index in [1.54, 1.807) is 0 Å². The van der Waals surface area contributed by atoms with E-state index < -0.39 is 7.14 Å². The molecule has 0 bridgehead atoms. The molecule has 11 aromatic rings. The standard InChI is InChI=1S/C62H46N3OP/c1-39-31-40(2)34-47(33-39)64-56-37-49(63(45-17-7-5-8-18-45)46-19-9-6-10-20-46)38-57-62(56)67(66,58-29-27-52-50-21-13-11-15-43(50)23-25-54(52)60(58)64)59-30-28-53-51-22-14-12-16-44(51)24-26-55(53)61(59)65(57)48-35-41(3)32-42(4)36-48/h5-38H,1-4H3. The van der Waals surface area contributed by atoms with Crippen LogP contribution in [0.1, 0.15) is 22.3 Å². The zero-order chi connectivity index (χ0) is 45.1. The number of aryl methyl sites for hydroxylation is 4. The zero-order valence-corrected chi connectivity index (χ0v) is 38.7. The molecule has 0 spiro atoms. The quantitative estimate of drug-likeness (QED) is 0.127. The first kappa shape index (κ1) is 39.5. The van der Waals surface area contributed by atoms with Gasteiger partial charge in [0.15, 0.2) is 7.14 Å². The van der Waals surface area contributed by atoms with Gasteiger partial charge in [0.1, 0.15) is 0 Å². The van der Waals surface area contributed by atoms with Crippen LogP contribution in [0.3, 0.4) is 0 Å². The summed E-state index contributed by atoms with van der Waals surface area (Å²) in [7, 11) is -3.70. The Kier molecular flexibility index (Phi) is 8.72. The van der Waals surface area contributed by atoms with Gasteiger partial charge < -0.3 is 19.3 Å². The average molecular weight is 880 g/mol. The van der Waals surface area contributed by atoms with E-state index >= 15 is 4.57 Å². The third-order valence-corrected chi connectivity index (χ3v) is 17.1. The SMILES string of the molecule is Cc1cc(C)cc(N2c3cc(N(c4ccccc4)c4ccccc4)cc4c3P(=O)(c3ccc5c(ccc6ccccc65)c32)c2ccc3c(ccc5ccccc53)c2N4c2cc(C)cc(C)c2)c1. The minimum Gasteiger partial charge on any atom is -0.310 e. The van der Waals surface area contributed by atoms with Crippen LogP contribution in [-0.2, 0) is 4.57 Å². The molecule has 0 saturated heterocycles. The summed E-state index contributed by atoms with van der Waals surface area (Å²) in [6.45, 7) is 8.70. The van der Waals surface area contributed by atoms with E-state index in [1.807, 2.05) is 0 Å². The first-order valence-electron chi connectivity index (χ1n) is 23.1. The van der Waals surface area contributed by atoms with Crippen molar-refractivity contribution in [2.75, 3.05) is 14.7 Å². The fraction of sp³-hybridized carbons (Fsp3) is 0.0645. The minimum atomic E-state index is -3.70. The number of fused-ring (bicyclic) bond motifs is 12. The maximum absolute atomic E-state index is 17.9. The molecule has 320 valence electrons. The summed E-state index contributed by atoms with van der Waals surface area (Å²) in [5.74, 6) is 0. The summed E-state index contributed by atoms with van der Waals surface area (Å²) >= 11 is 0. The lowest BCUT2D eigenvalue weighted by Gasteiger charge is -2.46. The number of hydrogen-bond acceptors (Lipinski definition) is 4. The molecule has 0 aromatic heterocycles. The lowest BCUT2D eigenvalue weighted by Crippen LogP contribution is -2.43. The van der Waals surface area contributed by atoms with Crippen LogP contribution in [0.5, 0.6) is 0 Å². The van der Waals surface area contributed by atoms with Crippen molar-refractivity contribution in [1.29, 1.82) is 0 Å². The van der Waals surface area contributed by atoms with Gasteiger partial charge in [-0.25, -0.2) is 0 Å². The van der Waals surface area contributed by atoms with E-state index in [0.717, 1.165) is 111 Å². The summed E-state index contributed by atoms with van der Waals surface area (Å²) in [5, 5.41) is 11.6. The van der Waals surface area contributed by atoms with Crippen molar-refractivity contribution in [3.05, 3.63) is 229 Å². The predicted octanol–water partition coefficient (Wildman–Crippen LogP) is 16.2. The van der Waals surface area contributed by atoms with Gasteiger partial charge >= 0.3 is 0 Å². The van der Waals surface area contributed by atoms with Gasteiger partial charge in [-0.1, -0.05) is 133 Å².